The van der Waals surface area contributed by atoms with Crippen molar-refractivity contribution in [3.8, 4) is 0 Å². The lowest BCUT2D eigenvalue weighted by Crippen LogP contribution is -2.10. The Hall–Kier alpha value is -1.91. The number of hydrogen-bond acceptors (Lipinski definition) is 1. The Morgan fingerprint density at radius 1 is 1.40 bits per heavy atom. The Morgan fingerprint density at radius 3 is 2.67 bits per heavy atom. The molecule has 0 radical (unpaired) electrons. The summed E-state index contributed by atoms with van der Waals surface area (Å²) in [5, 5.41) is 0.461. The standard InChI is InChI=1S/C10H8F2N2O/c1-4-2-6(11)8(12)9-5(4)3-7(14-9)10(13)15/h2-3,14H,1H3,(H2,13,15). The van der Waals surface area contributed by atoms with Gasteiger partial charge in [-0.25, -0.2) is 8.78 Å². The van der Waals surface area contributed by atoms with Crippen molar-refractivity contribution >= 4 is 16.8 Å². The minimum Gasteiger partial charge on any atom is -0.364 e. The molecule has 3 N–H and O–H groups in total. The second kappa shape index (κ2) is 3.05. The van der Waals surface area contributed by atoms with Gasteiger partial charge in [0, 0.05) is 5.39 Å². The first-order valence-corrected chi connectivity index (χ1v) is 4.28. The summed E-state index contributed by atoms with van der Waals surface area (Å²) in [5.41, 5.74) is 5.62. The first-order chi connectivity index (χ1) is 7.00. The van der Waals surface area contributed by atoms with Gasteiger partial charge in [-0.15, -0.1) is 0 Å². The van der Waals surface area contributed by atoms with E-state index in [0.717, 1.165) is 6.07 Å². The Balaban J connectivity index is 2.85. The van der Waals surface area contributed by atoms with Crippen LogP contribution in [-0.2, 0) is 0 Å². The molecule has 1 heterocycles. The summed E-state index contributed by atoms with van der Waals surface area (Å²) in [6.07, 6.45) is 0. The number of nitrogens with one attached hydrogen (secondary N) is 1. The number of fused-ring (bicyclic) bond motifs is 1. The van der Waals surface area contributed by atoms with Crippen LogP contribution in [0, 0.1) is 18.6 Å². The minimum absolute atomic E-state index is 0.0266. The van der Waals surface area contributed by atoms with Crippen LogP contribution < -0.4 is 5.73 Å². The molecule has 1 aromatic carbocycles. The lowest BCUT2D eigenvalue weighted by molar-refractivity contribution is 0.0996. The molecule has 0 atom stereocenters. The monoisotopic (exact) mass is 210 g/mol. The Morgan fingerprint density at radius 2 is 2.07 bits per heavy atom. The average molecular weight is 210 g/mol. The predicted octanol–water partition coefficient (Wildman–Crippen LogP) is 1.85. The molecule has 2 rings (SSSR count). The smallest absolute Gasteiger partial charge is 0.265 e. The highest BCUT2D eigenvalue weighted by Gasteiger charge is 2.14. The molecule has 0 unspecified atom stereocenters. The van der Waals surface area contributed by atoms with E-state index in [1.54, 1.807) is 6.92 Å². The van der Waals surface area contributed by atoms with Crippen LogP contribution in [0.15, 0.2) is 12.1 Å². The van der Waals surface area contributed by atoms with E-state index >= 15 is 0 Å². The number of carbonyl (C=O) groups excluding carboxylic acids is 1. The van der Waals surface area contributed by atoms with E-state index in [1.165, 1.54) is 6.07 Å². The lowest BCUT2D eigenvalue weighted by Gasteiger charge is -1.98. The molecular formula is C10H8F2N2O. The summed E-state index contributed by atoms with van der Waals surface area (Å²) >= 11 is 0. The molecule has 0 aliphatic heterocycles. The van der Waals surface area contributed by atoms with E-state index in [0.29, 0.717) is 10.9 Å². The molecule has 0 aliphatic carbocycles. The second-order valence-electron chi connectivity index (χ2n) is 3.33. The van der Waals surface area contributed by atoms with E-state index in [4.69, 9.17) is 5.73 Å². The van der Waals surface area contributed by atoms with Crippen LogP contribution in [0.2, 0.25) is 0 Å². The molecule has 0 bridgehead atoms. The fraction of sp³-hybridized carbons (Fsp3) is 0.100. The van der Waals surface area contributed by atoms with Gasteiger partial charge in [-0.2, -0.15) is 0 Å². The summed E-state index contributed by atoms with van der Waals surface area (Å²) in [6, 6.07) is 2.49. The van der Waals surface area contributed by atoms with E-state index in [9.17, 15) is 13.6 Å². The van der Waals surface area contributed by atoms with Gasteiger partial charge in [-0.3, -0.25) is 4.79 Å². The number of aromatic amines is 1. The van der Waals surface area contributed by atoms with Gasteiger partial charge >= 0.3 is 0 Å². The van der Waals surface area contributed by atoms with Crippen molar-refractivity contribution in [2.24, 2.45) is 5.73 Å². The largest absolute Gasteiger partial charge is 0.364 e. The van der Waals surface area contributed by atoms with Gasteiger partial charge in [0.25, 0.3) is 5.91 Å². The maximum atomic E-state index is 13.3. The van der Waals surface area contributed by atoms with Crippen LogP contribution >= 0.6 is 0 Å². The van der Waals surface area contributed by atoms with Gasteiger partial charge in [0.05, 0.1) is 5.52 Å². The first-order valence-electron chi connectivity index (χ1n) is 4.28. The van der Waals surface area contributed by atoms with Gasteiger partial charge in [0.1, 0.15) is 5.69 Å². The number of amides is 1. The van der Waals surface area contributed by atoms with Gasteiger partial charge in [0.15, 0.2) is 11.6 Å². The number of hydrogen-bond donors (Lipinski definition) is 2. The molecule has 0 saturated carbocycles. The minimum atomic E-state index is -0.997. The molecule has 1 aromatic heterocycles. The molecule has 2 aromatic rings. The number of H-pyrrole nitrogens is 1. The number of primary amides is 1. The number of rotatable bonds is 1. The number of carbonyl (C=O) groups is 1. The molecule has 78 valence electrons. The highest BCUT2D eigenvalue weighted by molar-refractivity contribution is 5.98. The van der Waals surface area contributed by atoms with Gasteiger partial charge in [-0.1, -0.05) is 0 Å². The molecule has 0 fully saturated rings. The van der Waals surface area contributed by atoms with Crippen molar-refractivity contribution in [2.45, 2.75) is 6.92 Å². The summed E-state index contributed by atoms with van der Waals surface area (Å²) in [6.45, 7) is 1.63. The predicted molar refractivity (Wildman–Crippen MR) is 51.5 cm³/mol. The average Bonchev–Trinajstić information content (AvgIpc) is 2.59. The summed E-state index contributed by atoms with van der Waals surface area (Å²) in [4.78, 5) is 13.3. The summed E-state index contributed by atoms with van der Waals surface area (Å²) in [7, 11) is 0. The van der Waals surface area contributed by atoms with Crippen molar-refractivity contribution in [1.82, 2.24) is 4.98 Å². The second-order valence-corrected chi connectivity index (χ2v) is 3.33. The zero-order valence-electron chi connectivity index (χ0n) is 7.90. The molecule has 5 heteroatoms. The quantitative estimate of drug-likeness (QED) is 0.741. The first kappa shape index (κ1) is 9.64. The van der Waals surface area contributed by atoms with Crippen LogP contribution in [0.4, 0.5) is 8.78 Å². The Kier molecular flexibility index (Phi) is 1.96. The summed E-state index contributed by atoms with van der Waals surface area (Å²) in [5.74, 6) is -2.65. The zero-order valence-corrected chi connectivity index (χ0v) is 7.90. The lowest BCUT2D eigenvalue weighted by atomic mass is 10.1. The number of nitrogens with two attached hydrogens (primary N) is 1. The number of halogens is 2. The molecular weight excluding hydrogens is 202 g/mol. The van der Waals surface area contributed by atoms with Gasteiger partial charge in [0.2, 0.25) is 0 Å². The SMILES string of the molecule is Cc1cc(F)c(F)c2[nH]c(C(N)=O)cc12. The Labute approximate surface area is 83.9 Å². The van der Waals surface area contributed by atoms with Crippen LogP contribution in [0.3, 0.4) is 0 Å². The maximum absolute atomic E-state index is 13.3. The van der Waals surface area contributed by atoms with Crippen molar-refractivity contribution in [1.29, 1.82) is 0 Å². The van der Waals surface area contributed by atoms with Crippen molar-refractivity contribution in [3.05, 3.63) is 35.0 Å². The topological polar surface area (TPSA) is 58.9 Å². The Bertz CT molecular complexity index is 560. The highest BCUT2D eigenvalue weighted by Crippen LogP contribution is 2.24. The molecule has 15 heavy (non-hydrogen) atoms. The molecule has 0 aliphatic rings. The van der Waals surface area contributed by atoms with Crippen molar-refractivity contribution in [2.75, 3.05) is 0 Å². The summed E-state index contributed by atoms with van der Waals surface area (Å²) < 4.78 is 26.3. The fourth-order valence-corrected chi connectivity index (χ4v) is 1.52. The van der Waals surface area contributed by atoms with E-state index in [1.807, 2.05) is 0 Å². The van der Waals surface area contributed by atoms with E-state index in [2.05, 4.69) is 4.98 Å². The number of aromatic nitrogens is 1. The highest BCUT2D eigenvalue weighted by atomic mass is 19.2. The van der Waals surface area contributed by atoms with Crippen LogP contribution in [0.5, 0.6) is 0 Å². The third-order valence-electron chi connectivity index (χ3n) is 2.28. The van der Waals surface area contributed by atoms with Crippen molar-refractivity contribution < 1.29 is 13.6 Å². The van der Waals surface area contributed by atoms with Crippen LogP contribution in [-0.4, -0.2) is 10.9 Å². The molecule has 0 saturated heterocycles. The number of aryl methyl sites for hydroxylation is 1. The molecule has 3 nitrogen and oxygen atoms in total. The van der Waals surface area contributed by atoms with Crippen LogP contribution in [0.1, 0.15) is 16.1 Å². The van der Waals surface area contributed by atoms with Gasteiger partial charge in [-0.05, 0) is 24.6 Å². The molecule has 1 amide bonds. The van der Waals surface area contributed by atoms with Gasteiger partial charge < -0.3 is 10.7 Å². The molecule has 0 spiro atoms. The van der Waals surface area contributed by atoms with E-state index < -0.39 is 17.5 Å². The zero-order chi connectivity index (χ0) is 11.2. The van der Waals surface area contributed by atoms with E-state index in [-0.39, 0.29) is 11.2 Å². The third kappa shape index (κ3) is 1.36. The number of benzene rings is 1. The normalized spacial score (nSPS) is 10.9. The van der Waals surface area contributed by atoms with Crippen LogP contribution in [0.25, 0.3) is 10.9 Å². The fourth-order valence-electron chi connectivity index (χ4n) is 1.52. The maximum Gasteiger partial charge on any atom is 0.265 e. The van der Waals surface area contributed by atoms with Crippen molar-refractivity contribution in [3.63, 3.8) is 0 Å². The third-order valence-corrected chi connectivity index (χ3v) is 2.28.